The van der Waals surface area contributed by atoms with Crippen molar-refractivity contribution in [3.05, 3.63) is 59.2 Å². The molecule has 0 heterocycles. The second-order valence-electron chi connectivity index (χ2n) is 4.66. The van der Waals surface area contributed by atoms with Gasteiger partial charge in [-0.05, 0) is 55.8 Å². The fourth-order valence-electron chi connectivity index (χ4n) is 1.87. The number of nitrogen functional groups attached to an aromatic ring is 1. The summed E-state index contributed by atoms with van der Waals surface area (Å²) < 4.78 is 0. The molecule has 0 spiro atoms. The van der Waals surface area contributed by atoms with E-state index in [9.17, 15) is 9.59 Å². The second kappa shape index (κ2) is 5.57. The maximum absolute atomic E-state index is 12.2. The fourth-order valence-corrected chi connectivity index (χ4v) is 1.87. The number of nitrogens with one attached hydrogen (secondary N) is 1. The summed E-state index contributed by atoms with van der Waals surface area (Å²) >= 11 is 0. The number of carbonyl (C=O) groups is 2. The Morgan fingerprint density at radius 2 is 1.70 bits per heavy atom. The third kappa shape index (κ3) is 3.03. The Hall–Kier alpha value is -2.62. The number of benzene rings is 2. The van der Waals surface area contributed by atoms with Crippen molar-refractivity contribution in [2.45, 2.75) is 13.8 Å². The third-order valence-electron chi connectivity index (χ3n) is 3.06. The first kappa shape index (κ1) is 13.8. The van der Waals surface area contributed by atoms with Crippen molar-refractivity contribution in [1.82, 2.24) is 0 Å². The number of rotatable bonds is 3. The minimum Gasteiger partial charge on any atom is -0.399 e. The van der Waals surface area contributed by atoms with Gasteiger partial charge in [-0.15, -0.1) is 0 Å². The zero-order valence-electron chi connectivity index (χ0n) is 11.4. The highest BCUT2D eigenvalue weighted by atomic mass is 16.1. The van der Waals surface area contributed by atoms with Gasteiger partial charge in [0, 0.05) is 22.5 Å². The lowest BCUT2D eigenvalue weighted by molar-refractivity contribution is 0.101. The molecule has 0 atom stereocenters. The van der Waals surface area contributed by atoms with Crippen LogP contribution < -0.4 is 11.1 Å². The van der Waals surface area contributed by atoms with Crippen molar-refractivity contribution in [1.29, 1.82) is 0 Å². The molecule has 2 aromatic rings. The topological polar surface area (TPSA) is 72.2 Å². The van der Waals surface area contributed by atoms with Gasteiger partial charge in [0.05, 0.1) is 0 Å². The Balaban J connectivity index is 2.19. The van der Waals surface area contributed by atoms with Crippen LogP contribution >= 0.6 is 0 Å². The van der Waals surface area contributed by atoms with Gasteiger partial charge in [0.1, 0.15) is 0 Å². The first-order valence-corrected chi connectivity index (χ1v) is 6.26. The average Bonchev–Trinajstić information content (AvgIpc) is 2.42. The highest BCUT2D eigenvalue weighted by molar-refractivity contribution is 6.06. The summed E-state index contributed by atoms with van der Waals surface area (Å²) in [4.78, 5) is 23.4. The fraction of sp³-hybridized carbons (Fsp3) is 0.125. The largest absolute Gasteiger partial charge is 0.399 e. The lowest BCUT2D eigenvalue weighted by Gasteiger charge is -2.09. The summed E-state index contributed by atoms with van der Waals surface area (Å²) in [5.41, 5.74) is 8.90. The monoisotopic (exact) mass is 268 g/mol. The average molecular weight is 268 g/mol. The van der Waals surface area contributed by atoms with E-state index in [4.69, 9.17) is 5.73 Å². The van der Waals surface area contributed by atoms with Crippen molar-refractivity contribution in [3.63, 3.8) is 0 Å². The van der Waals surface area contributed by atoms with E-state index in [1.54, 1.807) is 36.4 Å². The number of carbonyl (C=O) groups excluding carboxylic acids is 2. The van der Waals surface area contributed by atoms with E-state index in [-0.39, 0.29) is 11.7 Å². The van der Waals surface area contributed by atoms with Gasteiger partial charge >= 0.3 is 0 Å². The van der Waals surface area contributed by atoms with Crippen LogP contribution in [0.2, 0.25) is 0 Å². The molecule has 20 heavy (non-hydrogen) atoms. The smallest absolute Gasteiger partial charge is 0.256 e. The normalized spacial score (nSPS) is 10.1. The van der Waals surface area contributed by atoms with Crippen molar-refractivity contribution in [2.24, 2.45) is 0 Å². The molecule has 2 rings (SSSR count). The summed E-state index contributed by atoms with van der Waals surface area (Å²) in [7, 11) is 0. The molecule has 3 N–H and O–H groups in total. The van der Waals surface area contributed by atoms with E-state index in [0.717, 1.165) is 5.56 Å². The summed E-state index contributed by atoms with van der Waals surface area (Å²) in [6.45, 7) is 3.36. The van der Waals surface area contributed by atoms with Crippen LogP contribution in [-0.4, -0.2) is 11.7 Å². The molecular formula is C16H16N2O2. The predicted molar refractivity (Wildman–Crippen MR) is 80.0 cm³/mol. The maximum atomic E-state index is 12.2. The highest BCUT2D eigenvalue weighted by Gasteiger charge is 2.10. The molecule has 0 fully saturated rings. The van der Waals surface area contributed by atoms with Crippen LogP contribution in [0, 0.1) is 6.92 Å². The first-order valence-electron chi connectivity index (χ1n) is 6.26. The van der Waals surface area contributed by atoms with Gasteiger partial charge in [0.2, 0.25) is 0 Å². The Bertz CT molecular complexity index is 661. The molecule has 0 aliphatic carbocycles. The van der Waals surface area contributed by atoms with Crippen LogP contribution in [0.5, 0.6) is 0 Å². The Morgan fingerprint density at radius 3 is 2.30 bits per heavy atom. The van der Waals surface area contributed by atoms with Crippen LogP contribution in [0.15, 0.2) is 42.5 Å². The number of anilines is 2. The molecule has 1 amide bonds. The molecule has 4 heteroatoms. The summed E-state index contributed by atoms with van der Waals surface area (Å²) in [6, 6.07) is 12.0. The predicted octanol–water partition coefficient (Wildman–Crippen LogP) is 3.03. The number of hydrogen-bond donors (Lipinski definition) is 2. The Kier molecular flexibility index (Phi) is 3.84. The SMILES string of the molecule is CC(=O)c1ccc(NC(=O)c2cc(N)ccc2C)cc1. The summed E-state index contributed by atoms with van der Waals surface area (Å²) in [6.07, 6.45) is 0. The van der Waals surface area contributed by atoms with Gasteiger partial charge in [0.25, 0.3) is 5.91 Å². The number of ketones is 1. The van der Waals surface area contributed by atoms with E-state index in [0.29, 0.717) is 22.5 Å². The molecule has 0 bridgehead atoms. The van der Waals surface area contributed by atoms with Crippen molar-refractivity contribution in [3.8, 4) is 0 Å². The van der Waals surface area contributed by atoms with Crippen LogP contribution in [-0.2, 0) is 0 Å². The molecule has 0 radical (unpaired) electrons. The van der Waals surface area contributed by atoms with Gasteiger partial charge in [-0.25, -0.2) is 0 Å². The molecule has 0 saturated heterocycles. The van der Waals surface area contributed by atoms with Crippen molar-refractivity contribution < 1.29 is 9.59 Å². The molecular weight excluding hydrogens is 252 g/mol. The minimum atomic E-state index is -0.217. The van der Waals surface area contributed by atoms with Crippen molar-refractivity contribution >= 4 is 23.1 Å². The quantitative estimate of drug-likeness (QED) is 0.664. The third-order valence-corrected chi connectivity index (χ3v) is 3.06. The van der Waals surface area contributed by atoms with Gasteiger partial charge in [-0.1, -0.05) is 6.07 Å². The molecule has 0 aliphatic heterocycles. The van der Waals surface area contributed by atoms with Crippen molar-refractivity contribution in [2.75, 3.05) is 11.1 Å². The van der Waals surface area contributed by atoms with Crippen LogP contribution in [0.3, 0.4) is 0 Å². The van der Waals surface area contributed by atoms with E-state index in [1.807, 2.05) is 13.0 Å². The van der Waals surface area contributed by atoms with Crippen LogP contribution in [0.1, 0.15) is 33.2 Å². The van der Waals surface area contributed by atoms with Crippen LogP contribution in [0.25, 0.3) is 0 Å². The second-order valence-corrected chi connectivity index (χ2v) is 4.66. The highest BCUT2D eigenvalue weighted by Crippen LogP contribution is 2.16. The van der Waals surface area contributed by atoms with E-state index < -0.39 is 0 Å². The van der Waals surface area contributed by atoms with Gasteiger partial charge < -0.3 is 11.1 Å². The number of nitrogens with two attached hydrogens (primary N) is 1. The Morgan fingerprint density at radius 1 is 1.05 bits per heavy atom. The minimum absolute atomic E-state index is 0.00504. The van der Waals surface area contributed by atoms with Gasteiger partial charge in [-0.3, -0.25) is 9.59 Å². The van der Waals surface area contributed by atoms with Gasteiger partial charge in [-0.2, -0.15) is 0 Å². The zero-order chi connectivity index (χ0) is 14.7. The first-order chi connectivity index (χ1) is 9.47. The molecule has 102 valence electrons. The lowest BCUT2D eigenvalue weighted by Crippen LogP contribution is -2.13. The molecule has 0 unspecified atom stereocenters. The molecule has 0 aliphatic rings. The van der Waals surface area contributed by atoms with Crippen LogP contribution in [0.4, 0.5) is 11.4 Å². The number of hydrogen-bond acceptors (Lipinski definition) is 3. The molecule has 4 nitrogen and oxygen atoms in total. The maximum Gasteiger partial charge on any atom is 0.256 e. The Labute approximate surface area is 117 Å². The number of amides is 1. The summed E-state index contributed by atoms with van der Waals surface area (Å²) in [5.74, 6) is -0.222. The molecule has 0 aromatic heterocycles. The van der Waals surface area contributed by atoms with E-state index in [2.05, 4.69) is 5.32 Å². The number of Topliss-reactive ketones (excluding diaryl/α,β-unsaturated/α-hetero) is 1. The van der Waals surface area contributed by atoms with E-state index >= 15 is 0 Å². The van der Waals surface area contributed by atoms with E-state index in [1.165, 1.54) is 6.92 Å². The number of aryl methyl sites for hydroxylation is 1. The zero-order valence-corrected chi connectivity index (χ0v) is 11.4. The molecule has 0 saturated carbocycles. The summed E-state index contributed by atoms with van der Waals surface area (Å²) in [5, 5.41) is 2.79. The lowest BCUT2D eigenvalue weighted by atomic mass is 10.1. The standard InChI is InChI=1S/C16H16N2O2/c1-10-3-6-13(17)9-15(10)16(20)18-14-7-4-12(5-8-14)11(2)19/h3-9H,17H2,1-2H3,(H,18,20). The van der Waals surface area contributed by atoms with Gasteiger partial charge in [0.15, 0.2) is 5.78 Å². The molecule has 2 aromatic carbocycles.